The Balaban J connectivity index is 1.63. The topological polar surface area (TPSA) is 82.3 Å². The number of nitrogens with zero attached hydrogens (tertiary/aromatic N) is 2. The van der Waals surface area contributed by atoms with E-state index in [1.54, 1.807) is 20.8 Å². The molecule has 0 amide bonds. The normalized spacial score (nSPS) is 18.7. The molecule has 0 saturated heterocycles. The van der Waals surface area contributed by atoms with Gasteiger partial charge in [0.25, 0.3) is 5.56 Å². The number of aryl methyl sites for hydroxylation is 1. The minimum absolute atomic E-state index is 0.0151. The minimum atomic E-state index is -2.67. The van der Waals surface area contributed by atoms with Gasteiger partial charge < -0.3 is 10.1 Å². The quantitative estimate of drug-likeness (QED) is 0.629. The van der Waals surface area contributed by atoms with Crippen molar-refractivity contribution in [3.63, 3.8) is 0 Å². The van der Waals surface area contributed by atoms with Gasteiger partial charge in [-0.05, 0) is 52.0 Å². The average Bonchev–Trinajstić information content (AvgIpc) is 3.40. The number of hydrogen-bond donors (Lipinski definition) is 1. The van der Waals surface area contributed by atoms with Crippen molar-refractivity contribution >= 4 is 27.5 Å². The number of halogens is 2. The SMILES string of the molecule is Cc1c(CNCC(=O)OC(C)(C)C)sc2c1c(=O)n(C1CC1)c(=O)n2CC1CC(F)(F)C1. The first-order valence-corrected chi connectivity index (χ1v) is 11.8. The van der Waals surface area contributed by atoms with Crippen molar-refractivity contribution in [3.8, 4) is 0 Å². The fourth-order valence-electron chi connectivity index (χ4n) is 4.22. The monoisotopic (exact) mass is 469 g/mol. The van der Waals surface area contributed by atoms with Crippen molar-refractivity contribution in [1.82, 2.24) is 14.5 Å². The van der Waals surface area contributed by atoms with E-state index in [0.29, 0.717) is 16.8 Å². The van der Waals surface area contributed by atoms with Crippen molar-refractivity contribution in [1.29, 1.82) is 0 Å². The smallest absolute Gasteiger partial charge is 0.332 e. The number of alkyl halides is 2. The maximum Gasteiger partial charge on any atom is 0.332 e. The Kier molecular flexibility index (Phi) is 5.82. The molecule has 0 radical (unpaired) electrons. The van der Waals surface area contributed by atoms with Gasteiger partial charge in [-0.3, -0.25) is 18.7 Å². The fraction of sp³-hybridized carbons (Fsp3) is 0.682. The second-order valence-electron chi connectivity index (χ2n) is 9.95. The second kappa shape index (κ2) is 8.06. The van der Waals surface area contributed by atoms with Crippen LogP contribution >= 0.6 is 11.3 Å². The molecule has 10 heteroatoms. The van der Waals surface area contributed by atoms with E-state index < -0.39 is 17.2 Å². The van der Waals surface area contributed by atoms with Crippen LogP contribution in [0.4, 0.5) is 8.78 Å². The predicted octanol–water partition coefficient (Wildman–Crippen LogP) is 3.34. The maximum atomic E-state index is 13.4. The zero-order valence-electron chi connectivity index (χ0n) is 18.8. The predicted molar refractivity (Wildman–Crippen MR) is 119 cm³/mol. The molecule has 0 unspecified atom stereocenters. The molecule has 4 rings (SSSR count). The van der Waals surface area contributed by atoms with E-state index in [2.05, 4.69) is 5.32 Å². The van der Waals surface area contributed by atoms with Gasteiger partial charge in [-0.1, -0.05) is 0 Å². The lowest BCUT2D eigenvalue weighted by Crippen LogP contribution is -2.44. The Labute approximate surface area is 188 Å². The Morgan fingerprint density at radius 2 is 1.91 bits per heavy atom. The summed E-state index contributed by atoms with van der Waals surface area (Å²) in [7, 11) is 0. The van der Waals surface area contributed by atoms with Crippen LogP contribution in [0.3, 0.4) is 0 Å². The molecule has 0 bridgehead atoms. The molecule has 2 fully saturated rings. The molecule has 2 saturated carbocycles. The Hall–Kier alpha value is -2.07. The van der Waals surface area contributed by atoms with E-state index >= 15 is 0 Å². The van der Waals surface area contributed by atoms with E-state index in [1.807, 2.05) is 6.92 Å². The lowest BCUT2D eigenvalue weighted by Gasteiger charge is -2.35. The van der Waals surface area contributed by atoms with Crippen LogP contribution in [-0.2, 0) is 22.6 Å². The molecule has 2 aromatic heterocycles. The number of hydrogen-bond acceptors (Lipinski definition) is 6. The van der Waals surface area contributed by atoms with Gasteiger partial charge in [0.15, 0.2) is 0 Å². The molecule has 176 valence electrons. The number of carbonyl (C=O) groups excluding carboxylic acids is 1. The summed E-state index contributed by atoms with van der Waals surface area (Å²) in [6.45, 7) is 7.75. The van der Waals surface area contributed by atoms with Gasteiger partial charge in [0.2, 0.25) is 5.92 Å². The summed E-state index contributed by atoms with van der Waals surface area (Å²) in [5.41, 5.74) is -0.535. The molecule has 0 aromatic carbocycles. The number of esters is 1. The number of fused-ring (bicyclic) bond motifs is 1. The van der Waals surface area contributed by atoms with Crippen molar-refractivity contribution in [3.05, 3.63) is 31.3 Å². The van der Waals surface area contributed by atoms with Gasteiger partial charge in [0.1, 0.15) is 10.4 Å². The van der Waals surface area contributed by atoms with Crippen LogP contribution in [0, 0.1) is 12.8 Å². The zero-order valence-corrected chi connectivity index (χ0v) is 19.6. The van der Waals surface area contributed by atoms with E-state index in [0.717, 1.165) is 23.3 Å². The molecular formula is C22H29F2N3O4S. The molecule has 2 aliphatic rings. The largest absolute Gasteiger partial charge is 0.459 e. The third kappa shape index (κ3) is 4.66. The molecule has 0 atom stereocenters. The van der Waals surface area contributed by atoms with E-state index in [9.17, 15) is 23.2 Å². The van der Waals surface area contributed by atoms with E-state index in [-0.39, 0.29) is 49.4 Å². The van der Waals surface area contributed by atoms with Crippen molar-refractivity contribution < 1.29 is 18.3 Å². The van der Waals surface area contributed by atoms with Crippen LogP contribution < -0.4 is 16.6 Å². The number of ether oxygens (including phenoxy) is 1. The summed E-state index contributed by atoms with van der Waals surface area (Å²) in [5.74, 6) is -3.33. The van der Waals surface area contributed by atoms with Crippen molar-refractivity contribution in [2.45, 2.75) is 84.0 Å². The molecule has 1 N–H and O–H groups in total. The third-order valence-electron chi connectivity index (χ3n) is 5.84. The summed E-state index contributed by atoms with van der Waals surface area (Å²) in [6.07, 6.45) is 1.07. The molecule has 32 heavy (non-hydrogen) atoms. The Bertz CT molecular complexity index is 1160. The first kappa shape index (κ1) is 23.1. The molecule has 2 aromatic rings. The Morgan fingerprint density at radius 3 is 2.47 bits per heavy atom. The lowest BCUT2D eigenvalue weighted by molar-refractivity contribution is -0.153. The summed E-state index contributed by atoms with van der Waals surface area (Å²) in [6, 6.07) is -0.110. The highest BCUT2D eigenvalue weighted by molar-refractivity contribution is 7.18. The van der Waals surface area contributed by atoms with Gasteiger partial charge in [0, 0.05) is 36.9 Å². The maximum absolute atomic E-state index is 13.4. The fourth-order valence-corrected chi connectivity index (χ4v) is 5.49. The standard InChI is InChI=1S/C22H29F2N3O4S/c1-12-15(9-25-10-16(28)31-21(2,3)4)32-19-17(12)18(29)27(14-5-6-14)20(30)26(19)11-13-7-22(23,24)8-13/h13-14,25H,5-11H2,1-4H3. The van der Waals surface area contributed by atoms with Crippen LogP contribution in [0.15, 0.2) is 9.59 Å². The first-order chi connectivity index (χ1) is 14.9. The van der Waals surface area contributed by atoms with Crippen molar-refractivity contribution in [2.75, 3.05) is 6.54 Å². The molecule has 0 aliphatic heterocycles. The minimum Gasteiger partial charge on any atom is -0.459 e. The van der Waals surface area contributed by atoms with Gasteiger partial charge >= 0.3 is 11.7 Å². The summed E-state index contributed by atoms with van der Waals surface area (Å²) in [5, 5.41) is 3.52. The third-order valence-corrected chi connectivity index (χ3v) is 7.16. The number of aromatic nitrogens is 2. The highest BCUT2D eigenvalue weighted by Crippen LogP contribution is 2.43. The highest BCUT2D eigenvalue weighted by Gasteiger charge is 2.45. The molecule has 2 heterocycles. The molecule has 2 aliphatic carbocycles. The van der Waals surface area contributed by atoms with E-state index in [4.69, 9.17) is 4.74 Å². The second-order valence-corrected chi connectivity index (χ2v) is 11.0. The molecular weight excluding hydrogens is 440 g/mol. The lowest BCUT2D eigenvalue weighted by atomic mass is 9.81. The van der Waals surface area contributed by atoms with Gasteiger partial charge in [0.05, 0.1) is 11.9 Å². The number of carbonyl (C=O) groups is 1. The van der Waals surface area contributed by atoms with Crippen LogP contribution in [0.2, 0.25) is 0 Å². The summed E-state index contributed by atoms with van der Waals surface area (Å²) in [4.78, 5) is 39.6. The number of nitrogens with one attached hydrogen (secondary N) is 1. The zero-order chi connectivity index (χ0) is 23.4. The first-order valence-electron chi connectivity index (χ1n) is 10.9. The number of thiophene rings is 1. The molecule has 0 spiro atoms. The van der Waals surface area contributed by atoms with Gasteiger partial charge in [-0.15, -0.1) is 11.3 Å². The summed E-state index contributed by atoms with van der Waals surface area (Å²) < 4.78 is 34.9. The van der Waals surface area contributed by atoms with Crippen LogP contribution in [0.5, 0.6) is 0 Å². The van der Waals surface area contributed by atoms with Crippen LogP contribution in [-0.4, -0.2) is 33.2 Å². The van der Waals surface area contributed by atoms with E-state index in [1.165, 1.54) is 20.5 Å². The van der Waals surface area contributed by atoms with Crippen LogP contribution in [0.25, 0.3) is 10.2 Å². The van der Waals surface area contributed by atoms with Crippen LogP contribution in [0.1, 0.15) is 62.9 Å². The Morgan fingerprint density at radius 1 is 1.25 bits per heavy atom. The average molecular weight is 470 g/mol. The number of rotatable bonds is 7. The molecule has 7 nitrogen and oxygen atoms in total. The highest BCUT2D eigenvalue weighted by atomic mass is 32.1. The van der Waals surface area contributed by atoms with Gasteiger partial charge in [-0.25, -0.2) is 13.6 Å². The van der Waals surface area contributed by atoms with Gasteiger partial charge in [-0.2, -0.15) is 0 Å². The van der Waals surface area contributed by atoms with Crippen molar-refractivity contribution in [2.24, 2.45) is 5.92 Å². The summed E-state index contributed by atoms with van der Waals surface area (Å²) >= 11 is 1.31.